The van der Waals surface area contributed by atoms with Crippen molar-refractivity contribution in [2.45, 2.75) is 13.5 Å². The highest BCUT2D eigenvalue weighted by Crippen LogP contribution is 2.32. The van der Waals surface area contributed by atoms with Crippen molar-refractivity contribution in [2.75, 3.05) is 5.32 Å². The Hall–Kier alpha value is -1.33. The minimum absolute atomic E-state index is 0.0991. The van der Waals surface area contributed by atoms with Gasteiger partial charge >= 0.3 is 0 Å². The number of anilines is 1. The first kappa shape index (κ1) is 11.2. The maximum absolute atomic E-state index is 10.9. The molecule has 0 radical (unpaired) electrons. The Labute approximate surface area is 101 Å². The summed E-state index contributed by atoms with van der Waals surface area (Å²) in [4.78, 5) is 10.9. The lowest BCUT2D eigenvalue weighted by Crippen LogP contribution is -2.05. The van der Waals surface area contributed by atoms with E-state index in [2.05, 4.69) is 21.2 Å². The van der Waals surface area contributed by atoms with Crippen LogP contribution in [0.2, 0.25) is 0 Å². The van der Waals surface area contributed by atoms with Gasteiger partial charge in [0.05, 0.1) is 11.0 Å². The zero-order valence-electron chi connectivity index (χ0n) is 8.71. The summed E-state index contributed by atoms with van der Waals surface area (Å²) >= 11 is 3.43. The molecule has 0 saturated heterocycles. The Morgan fingerprint density at radius 3 is 2.94 bits per heavy atom. The number of halogens is 1. The van der Waals surface area contributed by atoms with Crippen molar-refractivity contribution in [3.05, 3.63) is 28.4 Å². The van der Waals surface area contributed by atoms with Crippen molar-refractivity contribution < 1.29 is 9.21 Å². The number of benzene rings is 1. The van der Waals surface area contributed by atoms with E-state index in [4.69, 9.17) is 10.2 Å². The zero-order chi connectivity index (χ0) is 11.7. The van der Waals surface area contributed by atoms with Gasteiger partial charge in [0.2, 0.25) is 5.91 Å². The van der Waals surface area contributed by atoms with Gasteiger partial charge < -0.3 is 15.5 Å². The zero-order valence-corrected chi connectivity index (χ0v) is 10.3. The molecule has 0 bridgehead atoms. The molecule has 1 amide bonds. The average molecular weight is 283 g/mol. The lowest BCUT2D eigenvalue weighted by molar-refractivity contribution is -0.114. The smallest absolute Gasteiger partial charge is 0.221 e. The van der Waals surface area contributed by atoms with Gasteiger partial charge in [0, 0.05) is 18.0 Å². The third-order valence-corrected chi connectivity index (χ3v) is 3.07. The fourth-order valence-electron chi connectivity index (χ4n) is 1.53. The Kier molecular flexibility index (Phi) is 2.98. The summed E-state index contributed by atoms with van der Waals surface area (Å²) < 4.78 is 6.37. The van der Waals surface area contributed by atoms with Crippen LogP contribution in [0.15, 0.2) is 27.1 Å². The van der Waals surface area contributed by atoms with E-state index in [1.54, 1.807) is 6.07 Å². The highest BCUT2D eigenvalue weighted by atomic mass is 79.9. The van der Waals surface area contributed by atoms with Crippen LogP contribution in [0, 0.1) is 0 Å². The lowest BCUT2D eigenvalue weighted by Gasteiger charge is -2.00. The van der Waals surface area contributed by atoms with E-state index in [1.807, 2.05) is 12.1 Å². The van der Waals surface area contributed by atoms with Gasteiger partial charge in [0.1, 0.15) is 11.3 Å². The molecule has 0 aliphatic carbocycles. The SMILES string of the molecule is CC(=O)Nc1ccc2oc(CN)c(Br)c2c1. The standard InChI is InChI=1S/C11H11BrN2O2/c1-6(15)14-7-2-3-9-8(4-7)11(12)10(5-13)16-9/h2-4H,5,13H2,1H3,(H,14,15). The molecule has 5 heteroatoms. The molecule has 0 spiro atoms. The summed E-state index contributed by atoms with van der Waals surface area (Å²) in [6.07, 6.45) is 0. The number of furan rings is 1. The van der Waals surface area contributed by atoms with Gasteiger partial charge in [-0.25, -0.2) is 0 Å². The van der Waals surface area contributed by atoms with Crippen molar-refractivity contribution >= 4 is 38.5 Å². The third kappa shape index (κ3) is 1.96. The van der Waals surface area contributed by atoms with Crippen LogP contribution in [-0.2, 0) is 11.3 Å². The third-order valence-electron chi connectivity index (χ3n) is 2.20. The van der Waals surface area contributed by atoms with Crippen LogP contribution in [0.5, 0.6) is 0 Å². The number of carbonyl (C=O) groups excluding carboxylic acids is 1. The molecule has 2 rings (SSSR count). The van der Waals surface area contributed by atoms with Crippen LogP contribution in [0.25, 0.3) is 11.0 Å². The van der Waals surface area contributed by atoms with Gasteiger partial charge in [-0.1, -0.05) is 0 Å². The molecule has 1 aromatic heterocycles. The van der Waals surface area contributed by atoms with Crippen molar-refractivity contribution in [3.63, 3.8) is 0 Å². The van der Waals surface area contributed by atoms with Crippen LogP contribution in [0.3, 0.4) is 0 Å². The Morgan fingerprint density at radius 1 is 1.56 bits per heavy atom. The number of amides is 1. The fraction of sp³-hybridized carbons (Fsp3) is 0.182. The molecule has 0 fully saturated rings. The minimum Gasteiger partial charge on any atom is -0.458 e. The first-order chi connectivity index (χ1) is 7.61. The summed E-state index contributed by atoms with van der Waals surface area (Å²) in [5.41, 5.74) is 7.03. The van der Waals surface area contributed by atoms with E-state index in [0.717, 1.165) is 21.1 Å². The molecular weight excluding hydrogens is 272 g/mol. The largest absolute Gasteiger partial charge is 0.458 e. The van der Waals surface area contributed by atoms with Crippen molar-refractivity contribution in [1.29, 1.82) is 0 Å². The van der Waals surface area contributed by atoms with Crippen molar-refractivity contribution in [1.82, 2.24) is 0 Å². The van der Waals surface area contributed by atoms with E-state index >= 15 is 0 Å². The lowest BCUT2D eigenvalue weighted by atomic mass is 10.2. The number of carbonyl (C=O) groups is 1. The molecule has 0 unspecified atom stereocenters. The highest BCUT2D eigenvalue weighted by molar-refractivity contribution is 9.10. The van der Waals surface area contributed by atoms with E-state index in [1.165, 1.54) is 6.92 Å². The monoisotopic (exact) mass is 282 g/mol. The van der Waals surface area contributed by atoms with Gasteiger partial charge in [0.15, 0.2) is 0 Å². The predicted octanol–water partition coefficient (Wildman–Crippen LogP) is 2.61. The topological polar surface area (TPSA) is 68.3 Å². The van der Waals surface area contributed by atoms with E-state index in [-0.39, 0.29) is 5.91 Å². The highest BCUT2D eigenvalue weighted by Gasteiger charge is 2.11. The van der Waals surface area contributed by atoms with Crippen LogP contribution in [-0.4, -0.2) is 5.91 Å². The van der Waals surface area contributed by atoms with Gasteiger partial charge in [-0.2, -0.15) is 0 Å². The fourth-order valence-corrected chi connectivity index (χ4v) is 2.08. The first-order valence-corrected chi connectivity index (χ1v) is 5.59. The molecular formula is C11H11BrN2O2. The summed E-state index contributed by atoms with van der Waals surface area (Å²) in [5.74, 6) is 0.605. The molecule has 0 aliphatic rings. The summed E-state index contributed by atoms with van der Waals surface area (Å²) in [7, 11) is 0. The first-order valence-electron chi connectivity index (χ1n) is 4.80. The molecule has 0 atom stereocenters. The number of nitrogens with two attached hydrogens (primary N) is 1. The maximum atomic E-state index is 10.9. The van der Waals surface area contributed by atoms with E-state index < -0.39 is 0 Å². The van der Waals surface area contributed by atoms with Crippen LogP contribution < -0.4 is 11.1 Å². The minimum atomic E-state index is -0.0991. The Bertz CT molecular complexity index is 548. The van der Waals surface area contributed by atoms with E-state index in [0.29, 0.717) is 12.3 Å². The molecule has 1 aromatic carbocycles. The quantitative estimate of drug-likeness (QED) is 0.890. The molecule has 4 nitrogen and oxygen atoms in total. The van der Waals surface area contributed by atoms with Gasteiger partial charge in [-0.15, -0.1) is 0 Å². The van der Waals surface area contributed by atoms with Crippen molar-refractivity contribution in [2.24, 2.45) is 5.73 Å². The van der Waals surface area contributed by atoms with Crippen LogP contribution in [0.4, 0.5) is 5.69 Å². The second-order valence-electron chi connectivity index (χ2n) is 3.44. The predicted molar refractivity (Wildman–Crippen MR) is 66.1 cm³/mol. The normalized spacial score (nSPS) is 10.7. The van der Waals surface area contributed by atoms with Gasteiger partial charge in [-0.05, 0) is 34.1 Å². The summed E-state index contributed by atoms with van der Waals surface area (Å²) in [5, 5.41) is 3.63. The number of fused-ring (bicyclic) bond motifs is 1. The van der Waals surface area contributed by atoms with Gasteiger partial charge in [0.25, 0.3) is 0 Å². The maximum Gasteiger partial charge on any atom is 0.221 e. The average Bonchev–Trinajstić information content (AvgIpc) is 2.55. The molecule has 3 N–H and O–H groups in total. The second kappa shape index (κ2) is 4.27. The molecule has 2 aromatic rings. The molecule has 16 heavy (non-hydrogen) atoms. The summed E-state index contributed by atoms with van der Waals surface area (Å²) in [6.45, 7) is 1.81. The molecule has 0 aliphatic heterocycles. The number of hydrogen-bond donors (Lipinski definition) is 2. The Balaban J connectivity index is 2.52. The summed E-state index contributed by atoms with van der Waals surface area (Å²) in [6, 6.07) is 5.45. The molecule has 84 valence electrons. The molecule has 0 saturated carbocycles. The number of hydrogen-bond acceptors (Lipinski definition) is 3. The number of rotatable bonds is 2. The van der Waals surface area contributed by atoms with Crippen molar-refractivity contribution in [3.8, 4) is 0 Å². The van der Waals surface area contributed by atoms with Crippen LogP contribution in [0.1, 0.15) is 12.7 Å². The number of nitrogens with one attached hydrogen (secondary N) is 1. The Morgan fingerprint density at radius 2 is 2.31 bits per heavy atom. The second-order valence-corrected chi connectivity index (χ2v) is 4.23. The van der Waals surface area contributed by atoms with E-state index in [9.17, 15) is 4.79 Å². The van der Waals surface area contributed by atoms with Crippen LogP contribution >= 0.6 is 15.9 Å². The van der Waals surface area contributed by atoms with Gasteiger partial charge in [-0.3, -0.25) is 4.79 Å². The molecule has 1 heterocycles.